The van der Waals surface area contributed by atoms with Crippen LogP contribution in [0.25, 0.3) is 0 Å². The summed E-state index contributed by atoms with van der Waals surface area (Å²) in [6, 6.07) is 21.1. The second-order valence-corrected chi connectivity index (χ2v) is 9.25. The highest BCUT2D eigenvalue weighted by Crippen LogP contribution is 2.28. The first-order valence-electron chi connectivity index (χ1n) is 11.3. The van der Waals surface area contributed by atoms with Crippen LogP contribution in [0.1, 0.15) is 57.6 Å². The van der Waals surface area contributed by atoms with Crippen molar-refractivity contribution in [2.45, 2.75) is 53.2 Å². The summed E-state index contributed by atoms with van der Waals surface area (Å²) in [5, 5.41) is 0. The summed E-state index contributed by atoms with van der Waals surface area (Å²) in [5.74, 6) is -0.353. The van der Waals surface area contributed by atoms with Crippen molar-refractivity contribution >= 4 is 12.1 Å². The molecule has 0 amide bonds. The number of hydrogen-bond donors (Lipinski definition) is 0. The molecule has 0 saturated carbocycles. The van der Waals surface area contributed by atoms with Crippen molar-refractivity contribution in [1.82, 2.24) is 0 Å². The minimum Gasteiger partial charge on any atom is -0.461 e. The number of rotatable bonds is 8. The third-order valence-corrected chi connectivity index (χ3v) is 5.72. The van der Waals surface area contributed by atoms with Crippen LogP contribution in [0.4, 0.5) is 4.79 Å². The molecular weight excluding hydrogens is 428 g/mol. The summed E-state index contributed by atoms with van der Waals surface area (Å²) < 4.78 is 16.3. The molecule has 178 valence electrons. The summed E-state index contributed by atoms with van der Waals surface area (Å²) in [6.45, 7) is 10.3. The van der Waals surface area contributed by atoms with Crippen LogP contribution in [0.2, 0.25) is 0 Å². The minimum absolute atomic E-state index is 0.0667. The normalized spacial score (nSPS) is 11.1. The van der Waals surface area contributed by atoms with E-state index in [1.54, 1.807) is 0 Å². The van der Waals surface area contributed by atoms with Gasteiger partial charge in [0.1, 0.15) is 19.8 Å². The zero-order valence-electron chi connectivity index (χ0n) is 20.5. The minimum atomic E-state index is -0.725. The number of aryl methyl sites for hydroxylation is 3. The van der Waals surface area contributed by atoms with Gasteiger partial charge in [0.15, 0.2) is 0 Å². The van der Waals surface area contributed by atoms with E-state index < -0.39 is 11.6 Å². The smallest absolute Gasteiger partial charge is 0.461 e. The maximum atomic E-state index is 12.6. The van der Waals surface area contributed by atoms with Gasteiger partial charge in [-0.15, -0.1) is 0 Å². The lowest BCUT2D eigenvalue weighted by molar-refractivity contribution is 0.0412. The molecule has 0 aromatic heterocycles. The van der Waals surface area contributed by atoms with Gasteiger partial charge in [-0.1, -0.05) is 79.6 Å². The summed E-state index contributed by atoms with van der Waals surface area (Å²) in [4.78, 5) is 24.8. The van der Waals surface area contributed by atoms with Crippen molar-refractivity contribution in [3.63, 3.8) is 0 Å². The van der Waals surface area contributed by atoms with E-state index >= 15 is 0 Å². The molecule has 0 aliphatic rings. The maximum Gasteiger partial charge on any atom is 0.508 e. The van der Waals surface area contributed by atoms with E-state index in [9.17, 15) is 9.59 Å². The average Bonchev–Trinajstić information content (AvgIpc) is 2.80. The standard InChI is InChI=1S/C29H32O5/c1-20-14-21(2)16-25(15-20)27(30)34-19-29(4,5)26-13-9-8-12-24(26)18-33-28(31)32-17-23-11-7-6-10-22(23)3/h6-16H,17-19H2,1-5H3. The van der Waals surface area contributed by atoms with E-state index in [1.807, 2.05) is 101 Å². The van der Waals surface area contributed by atoms with Crippen molar-refractivity contribution < 1.29 is 23.8 Å². The third kappa shape index (κ3) is 6.70. The lowest BCUT2D eigenvalue weighted by atomic mass is 9.82. The maximum absolute atomic E-state index is 12.6. The Morgan fingerprint density at radius 2 is 1.29 bits per heavy atom. The number of benzene rings is 3. The first-order chi connectivity index (χ1) is 16.2. The Bertz CT molecular complexity index is 1140. The van der Waals surface area contributed by atoms with Gasteiger partial charge < -0.3 is 14.2 Å². The van der Waals surface area contributed by atoms with E-state index in [2.05, 4.69) is 0 Å². The Morgan fingerprint density at radius 1 is 0.735 bits per heavy atom. The monoisotopic (exact) mass is 460 g/mol. The second kappa shape index (κ2) is 11.0. The molecule has 5 heteroatoms. The molecular formula is C29H32O5. The van der Waals surface area contributed by atoms with Crippen molar-refractivity contribution in [3.05, 3.63) is 106 Å². The van der Waals surface area contributed by atoms with E-state index in [4.69, 9.17) is 14.2 Å². The van der Waals surface area contributed by atoms with E-state index in [1.165, 1.54) is 0 Å². The van der Waals surface area contributed by atoms with Crippen LogP contribution >= 0.6 is 0 Å². The number of ether oxygens (including phenoxy) is 3. The van der Waals surface area contributed by atoms with Gasteiger partial charge in [-0.3, -0.25) is 0 Å². The predicted octanol–water partition coefficient (Wildman–Crippen LogP) is 6.60. The van der Waals surface area contributed by atoms with Crippen molar-refractivity contribution in [3.8, 4) is 0 Å². The molecule has 0 spiro atoms. The molecule has 0 saturated heterocycles. The first kappa shape index (κ1) is 25.0. The first-order valence-corrected chi connectivity index (χ1v) is 11.3. The zero-order valence-corrected chi connectivity index (χ0v) is 20.5. The van der Waals surface area contributed by atoms with Crippen molar-refractivity contribution in [2.75, 3.05) is 6.61 Å². The molecule has 0 heterocycles. The van der Waals surface area contributed by atoms with Gasteiger partial charge in [-0.25, -0.2) is 9.59 Å². The molecule has 0 unspecified atom stereocenters. The van der Waals surface area contributed by atoms with Gasteiger partial charge in [0, 0.05) is 5.41 Å². The zero-order chi connectivity index (χ0) is 24.7. The second-order valence-electron chi connectivity index (χ2n) is 9.25. The van der Waals surface area contributed by atoms with Gasteiger partial charge in [0.05, 0.1) is 5.56 Å². The van der Waals surface area contributed by atoms with Crippen LogP contribution in [0.3, 0.4) is 0 Å². The summed E-state index contributed by atoms with van der Waals surface area (Å²) in [5.41, 5.74) is 5.86. The molecule has 3 aromatic carbocycles. The summed E-state index contributed by atoms with van der Waals surface area (Å²) in [7, 11) is 0. The Balaban J connectivity index is 1.60. The molecule has 0 N–H and O–H groups in total. The molecule has 3 rings (SSSR count). The predicted molar refractivity (Wildman–Crippen MR) is 132 cm³/mol. The number of hydrogen-bond acceptors (Lipinski definition) is 5. The number of carbonyl (C=O) groups excluding carboxylic acids is 2. The van der Waals surface area contributed by atoms with E-state index in [-0.39, 0.29) is 25.8 Å². The SMILES string of the molecule is Cc1cc(C)cc(C(=O)OCC(C)(C)c2ccccc2COC(=O)OCc2ccccc2C)c1. The Morgan fingerprint density at radius 3 is 1.94 bits per heavy atom. The Kier molecular flexibility index (Phi) is 8.11. The van der Waals surface area contributed by atoms with Crippen LogP contribution in [-0.4, -0.2) is 18.7 Å². The van der Waals surface area contributed by atoms with Crippen LogP contribution in [0, 0.1) is 20.8 Å². The Hall–Kier alpha value is -3.60. The van der Waals surface area contributed by atoms with Crippen molar-refractivity contribution in [2.24, 2.45) is 0 Å². The molecule has 3 aromatic rings. The molecule has 34 heavy (non-hydrogen) atoms. The largest absolute Gasteiger partial charge is 0.508 e. The number of esters is 1. The summed E-state index contributed by atoms with van der Waals surface area (Å²) in [6.07, 6.45) is -0.725. The van der Waals surface area contributed by atoms with E-state index in [0.717, 1.165) is 33.4 Å². The van der Waals surface area contributed by atoms with Crippen LogP contribution < -0.4 is 0 Å². The van der Waals surface area contributed by atoms with Gasteiger partial charge in [-0.2, -0.15) is 0 Å². The molecule has 0 radical (unpaired) electrons. The fraction of sp³-hybridized carbons (Fsp3) is 0.310. The third-order valence-electron chi connectivity index (χ3n) is 5.72. The van der Waals surface area contributed by atoms with Crippen LogP contribution in [0.15, 0.2) is 66.7 Å². The molecule has 0 bridgehead atoms. The number of carbonyl (C=O) groups is 2. The van der Waals surface area contributed by atoms with Crippen LogP contribution in [-0.2, 0) is 32.8 Å². The molecule has 0 aliphatic carbocycles. The van der Waals surface area contributed by atoms with Gasteiger partial charge >= 0.3 is 12.1 Å². The fourth-order valence-corrected chi connectivity index (χ4v) is 3.89. The van der Waals surface area contributed by atoms with Crippen molar-refractivity contribution in [1.29, 1.82) is 0 Å². The molecule has 0 aliphatic heterocycles. The van der Waals surface area contributed by atoms with E-state index in [0.29, 0.717) is 5.56 Å². The lowest BCUT2D eigenvalue weighted by Gasteiger charge is -2.27. The Labute approximate surface area is 201 Å². The average molecular weight is 461 g/mol. The molecule has 0 atom stereocenters. The lowest BCUT2D eigenvalue weighted by Crippen LogP contribution is -2.28. The fourth-order valence-electron chi connectivity index (χ4n) is 3.89. The highest BCUT2D eigenvalue weighted by atomic mass is 16.7. The van der Waals surface area contributed by atoms with Gasteiger partial charge in [0.25, 0.3) is 0 Å². The highest BCUT2D eigenvalue weighted by Gasteiger charge is 2.26. The molecule has 0 fully saturated rings. The highest BCUT2D eigenvalue weighted by molar-refractivity contribution is 5.89. The topological polar surface area (TPSA) is 61.8 Å². The molecule has 5 nitrogen and oxygen atoms in total. The van der Waals surface area contributed by atoms with Gasteiger partial charge in [0.2, 0.25) is 0 Å². The van der Waals surface area contributed by atoms with Crippen LogP contribution in [0.5, 0.6) is 0 Å². The quantitative estimate of drug-likeness (QED) is 0.354. The summed E-state index contributed by atoms with van der Waals surface area (Å²) >= 11 is 0. The van der Waals surface area contributed by atoms with Gasteiger partial charge in [-0.05, 0) is 55.2 Å².